The monoisotopic (exact) mass is 336 g/mol. The smallest absolute Gasteiger partial charge is 0.163 e. The predicted octanol–water partition coefficient (Wildman–Crippen LogP) is 7.15. The molecule has 0 saturated heterocycles. The molecule has 0 aliphatic carbocycles. The number of Topliss-reactive ketones (excluding diaryl/α,β-unsaturated/α-hetero) is 1. The number of halogens is 1. The van der Waals surface area contributed by atoms with Crippen LogP contribution in [-0.4, -0.2) is 5.78 Å². The average Bonchev–Trinajstić information content (AvgIpc) is 2.55. The lowest BCUT2D eigenvalue weighted by molar-refractivity contribution is 0.0977. The summed E-state index contributed by atoms with van der Waals surface area (Å²) >= 11 is 6.00. The van der Waals surface area contributed by atoms with Gasteiger partial charge in [0.2, 0.25) is 0 Å². The van der Waals surface area contributed by atoms with Crippen LogP contribution in [0.5, 0.6) is 0 Å². The fraction of sp³-hybridized carbons (Fsp3) is 0.667. The first-order valence-electron chi connectivity index (χ1n) is 9.30. The van der Waals surface area contributed by atoms with E-state index in [1.807, 2.05) is 13.0 Å². The number of benzene rings is 1. The van der Waals surface area contributed by atoms with Crippen molar-refractivity contribution in [1.82, 2.24) is 0 Å². The zero-order valence-electron chi connectivity index (χ0n) is 15.2. The highest BCUT2D eigenvalue weighted by molar-refractivity contribution is 6.18. The van der Waals surface area contributed by atoms with Crippen molar-refractivity contribution in [2.75, 3.05) is 0 Å². The van der Waals surface area contributed by atoms with Gasteiger partial charge in [-0.15, -0.1) is 11.6 Å². The van der Waals surface area contributed by atoms with E-state index in [1.54, 1.807) is 0 Å². The maximum absolute atomic E-state index is 12.5. The van der Waals surface area contributed by atoms with Gasteiger partial charge < -0.3 is 0 Å². The van der Waals surface area contributed by atoms with E-state index in [4.69, 9.17) is 11.6 Å². The standard InChI is InChI=1S/C21H33ClO/c1-4-5-6-7-8-9-10-11-12-13-20(23)21-18(3)17(2)14-15-19(21)16-22/h14-15H,4-13,16H2,1-3H3. The van der Waals surface area contributed by atoms with Gasteiger partial charge in [-0.1, -0.05) is 70.4 Å². The second kappa shape index (κ2) is 11.7. The van der Waals surface area contributed by atoms with Crippen LogP contribution < -0.4 is 0 Å². The molecule has 0 spiro atoms. The zero-order chi connectivity index (χ0) is 17.1. The summed E-state index contributed by atoms with van der Waals surface area (Å²) in [4.78, 5) is 12.5. The molecule has 2 heteroatoms. The number of ketones is 1. The van der Waals surface area contributed by atoms with E-state index in [9.17, 15) is 4.79 Å². The van der Waals surface area contributed by atoms with Gasteiger partial charge in [-0.25, -0.2) is 0 Å². The quantitative estimate of drug-likeness (QED) is 0.225. The second-order valence-corrected chi connectivity index (χ2v) is 6.94. The molecule has 0 atom stereocenters. The van der Waals surface area contributed by atoms with Crippen LogP contribution in [0, 0.1) is 13.8 Å². The van der Waals surface area contributed by atoms with Crippen LogP contribution in [0.1, 0.15) is 98.2 Å². The average molecular weight is 337 g/mol. The highest BCUT2D eigenvalue weighted by Crippen LogP contribution is 2.22. The Bertz CT molecular complexity index is 479. The van der Waals surface area contributed by atoms with E-state index >= 15 is 0 Å². The summed E-state index contributed by atoms with van der Waals surface area (Å²) < 4.78 is 0. The Hall–Kier alpha value is -0.820. The Balaban J connectivity index is 2.31. The van der Waals surface area contributed by atoms with Gasteiger partial charge in [0.05, 0.1) is 0 Å². The number of unbranched alkanes of at least 4 members (excludes halogenated alkanes) is 8. The van der Waals surface area contributed by atoms with Crippen LogP contribution in [0.3, 0.4) is 0 Å². The molecule has 0 fully saturated rings. The summed E-state index contributed by atoms with van der Waals surface area (Å²) in [7, 11) is 0. The van der Waals surface area contributed by atoms with Crippen LogP contribution in [0.15, 0.2) is 12.1 Å². The lowest BCUT2D eigenvalue weighted by Crippen LogP contribution is -2.07. The van der Waals surface area contributed by atoms with Crippen LogP contribution in [0.4, 0.5) is 0 Å². The summed E-state index contributed by atoms with van der Waals surface area (Å²) in [5, 5.41) is 0. The van der Waals surface area contributed by atoms with Crippen molar-refractivity contribution in [2.45, 2.75) is 90.9 Å². The molecule has 0 saturated carbocycles. The zero-order valence-corrected chi connectivity index (χ0v) is 16.0. The third-order valence-corrected chi connectivity index (χ3v) is 5.04. The third-order valence-electron chi connectivity index (χ3n) is 4.75. The number of carbonyl (C=O) groups is 1. The van der Waals surface area contributed by atoms with Gasteiger partial charge in [0.1, 0.15) is 0 Å². The largest absolute Gasteiger partial charge is 0.294 e. The molecular weight excluding hydrogens is 304 g/mol. The summed E-state index contributed by atoms with van der Waals surface area (Å²) in [6.07, 6.45) is 12.2. The van der Waals surface area contributed by atoms with Crippen molar-refractivity contribution in [3.8, 4) is 0 Å². The number of rotatable bonds is 12. The van der Waals surface area contributed by atoms with E-state index in [0.29, 0.717) is 12.3 Å². The van der Waals surface area contributed by atoms with Gasteiger partial charge in [0.15, 0.2) is 5.78 Å². The van der Waals surface area contributed by atoms with Crippen molar-refractivity contribution < 1.29 is 4.79 Å². The van der Waals surface area contributed by atoms with Gasteiger partial charge in [0.25, 0.3) is 0 Å². The molecule has 0 aromatic heterocycles. The van der Waals surface area contributed by atoms with Crippen LogP contribution in [0.2, 0.25) is 0 Å². The van der Waals surface area contributed by atoms with E-state index < -0.39 is 0 Å². The van der Waals surface area contributed by atoms with Gasteiger partial charge in [-0.3, -0.25) is 4.79 Å². The number of alkyl halides is 1. The molecule has 0 unspecified atom stereocenters. The molecule has 23 heavy (non-hydrogen) atoms. The molecule has 0 heterocycles. The summed E-state index contributed by atoms with van der Waals surface area (Å²) in [6, 6.07) is 4.06. The number of hydrogen-bond acceptors (Lipinski definition) is 1. The number of aryl methyl sites for hydroxylation is 1. The van der Waals surface area contributed by atoms with Crippen molar-refractivity contribution in [3.05, 3.63) is 34.4 Å². The summed E-state index contributed by atoms with van der Waals surface area (Å²) in [5.74, 6) is 0.685. The highest BCUT2D eigenvalue weighted by atomic mass is 35.5. The maximum atomic E-state index is 12.5. The maximum Gasteiger partial charge on any atom is 0.163 e. The van der Waals surface area contributed by atoms with Crippen molar-refractivity contribution in [3.63, 3.8) is 0 Å². The second-order valence-electron chi connectivity index (χ2n) is 6.68. The Morgan fingerprint density at radius 2 is 1.48 bits per heavy atom. The predicted molar refractivity (Wildman–Crippen MR) is 102 cm³/mol. The molecule has 1 rings (SSSR count). The minimum atomic E-state index is 0.268. The molecule has 0 aliphatic heterocycles. The first kappa shape index (κ1) is 20.2. The molecule has 0 bridgehead atoms. The van der Waals surface area contributed by atoms with Crippen LogP contribution in [-0.2, 0) is 5.88 Å². The highest BCUT2D eigenvalue weighted by Gasteiger charge is 2.14. The van der Waals surface area contributed by atoms with Crippen LogP contribution in [0.25, 0.3) is 0 Å². The van der Waals surface area contributed by atoms with E-state index in [0.717, 1.165) is 23.1 Å². The molecule has 0 N–H and O–H groups in total. The molecular formula is C21H33ClO. The Morgan fingerprint density at radius 3 is 2.04 bits per heavy atom. The first-order valence-corrected chi connectivity index (χ1v) is 9.83. The van der Waals surface area contributed by atoms with Crippen molar-refractivity contribution >= 4 is 17.4 Å². The number of carbonyl (C=O) groups excluding carboxylic acids is 1. The molecule has 0 amide bonds. The van der Waals surface area contributed by atoms with Crippen LogP contribution >= 0.6 is 11.6 Å². The molecule has 1 aromatic rings. The first-order chi connectivity index (χ1) is 11.1. The Kier molecular flexibility index (Phi) is 10.3. The minimum absolute atomic E-state index is 0.268. The van der Waals surface area contributed by atoms with E-state index in [1.165, 1.54) is 56.9 Å². The summed E-state index contributed by atoms with van der Waals surface area (Å²) in [6.45, 7) is 6.35. The lowest BCUT2D eigenvalue weighted by atomic mass is 9.93. The number of hydrogen-bond donors (Lipinski definition) is 0. The molecule has 0 radical (unpaired) electrons. The molecule has 1 aromatic carbocycles. The van der Waals surface area contributed by atoms with Gasteiger partial charge >= 0.3 is 0 Å². The molecule has 1 nitrogen and oxygen atoms in total. The Labute approximate surface area is 147 Å². The third kappa shape index (κ3) is 7.08. The SMILES string of the molecule is CCCCCCCCCCCC(=O)c1c(CCl)ccc(C)c1C. The fourth-order valence-electron chi connectivity index (χ4n) is 3.09. The van der Waals surface area contributed by atoms with Gasteiger partial charge in [0, 0.05) is 17.9 Å². The Morgan fingerprint density at radius 1 is 0.913 bits per heavy atom. The van der Waals surface area contributed by atoms with E-state index in [2.05, 4.69) is 19.9 Å². The van der Waals surface area contributed by atoms with Crippen molar-refractivity contribution in [1.29, 1.82) is 0 Å². The minimum Gasteiger partial charge on any atom is -0.294 e. The summed E-state index contributed by atoms with van der Waals surface area (Å²) in [5.41, 5.74) is 4.13. The molecule has 130 valence electrons. The lowest BCUT2D eigenvalue weighted by Gasteiger charge is -2.12. The normalized spacial score (nSPS) is 11.0. The van der Waals surface area contributed by atoms with E-state index in [-0.39, 0.29) is 5.78 Å². The van der Waals surface area contributed by atoms with Gasteiger partial charge in [-0.05, 0) is 37.0 Å². The fourth-order valence-corrected chi connectivity index (χ4v) is 3.32. The van der Waals surface area contributed by atoms with Crippen molar-refractivity contribution in [2.24, 2.45) is 0 Å². The molecule has 0 aliphatic rings. The van der Waals surface area contributed by atoms with Gasteiger partial charge in [-0.2, -0.15) is 0 Å². The topological polar surface area (TPSA) is 17.1 Å².